The van der Waals surface area contributed by atoms with Crippen molar-refractivity contribution in [3.63, 3.8) is 0 Å². The topological polar surface area (TPSA) is 32.3 Å². The highest BCUT2D eigenvalue weighted by atomic mass is 16.2. The quantitative estimate of drug-likeness (QED) is 0.817. The highest BCUT2D eigenvalue weighted by molar-refractivity contribution is 5.77. The summed E-state index contributed by atoms with van der Waals surface area (Å²) in [5.74, 6) is 2.42. The van der Waals surface area contributed by atoms with Crippen LogP contribution in [0.5, 0.6) is 0 Å². The molecule has 1 N–H and O–H groups in total. The lowest BCUT2D eigenvalue weighted by molar-refractivity contribution is -0.134. The molecular formula is C15H28N2O. The van der Waals surface area contributed by atoms with Crippen molar-refractivity contribution in [1.82, 2.24) is 10.2 Å². The summed E-state index contributed by atoms with van der Waals surface area (Å²) in [6.45, 7) is 9.84. The minimum Gasteiger partial charge on any atom is -0.342 e. The summed E-state index contributed by atoms with van der Waals surface area (Å²) in [7, 11) is 0. The van der Waals surface area contributed by atoms with Gasteiger partial charge in [0.1, 0.15) is 0 Å². The second kappa shape index (κ2) is 6.05. The molecule has 0 aromatic heterocycles. The lowest BCUT2D eigenvalue weighted by atomic mass is 9.87. The standard InChI is InChI=1S/C15H28N2O/c1-11-6-8-17(10-13(11)3)15(18)9-14-12(2)5-4-7-16-14/h11-14,16H,4-10H2,1-3H3. The summed E-state index contributed by atoms with van der Waals surface area (Å²) in [5.41, 5.74) is 0. The molecule has 2 aliphatic rings. The first-order valence-corrected chi connectivity index (χ1v) is 7.59. The second-order valence-corrected chi connectivity index (χ2v) is 6.47. The number of hydrogen-bond acceptors (Lipinski definition) is 2. The van der Waals surface area contributed by atoms with E-state index in [1.54, 1.807) is 0 Å². The third-order valence-electron chi connectivity index (χ3n) is 5.01. The second-order valence-electron chi connectivity index (χ2n) is 6.47. The molecular weight excluding hydrogens is 224 g/mol. The van der Waals surface area contributed by atoms with Gasteiger partial charge in [0.25, 0.3) is 0 Å². The fraction of sp³-hybridized carbons (Fsp3) is 0.933. The zero-order valence-corrected chi connectivity index (χ0v) is 12.1. The molecule has 2 fully saturated rings. The van der Waals surface area contributed by atoms with Crippen LogP contribution in [0.3, 0.4) is 0 Å². The van der Waals surface area contributed by atoms with E-state index in [1.807, 2.05) is 0 Å². The van der Waals surface area contributed by atoms with Gasteiger partial charge in [0.05, 0.1) is 0 Å². The Morgan fingerprint density at radius 2 is 1.94 bits per heavy atom. The van der Waals surface area contributed by atoms with Crippen molar-refractivity contribution < 1.29 is 4.79 Å². The molecule has 1 amide bonds. The number of rotatable bonds is 2. The fourth-order valence-electron chi connectivity index (χ4n) is 3.19. The van der Waals surface area contributed by atoms with Gasteiger partial charge in [0.15, 0.2) is 0 Å². The van der Waals surface area contributed by atoms with E-state index >= 15 is 0 Å². The monoisotopic (exact) mass is 252 g/mol. The Hall–Kier alpha value is -0.570. The molecule has 0 bridgehead atoms. The van der Waals surface area contributed by atoms with Crippen LogP contribution >= 0.6 is 0 Å². The van der Waals surface area contributed by atoms with Gasteiger partial charge in [0, 0.05) is 25.6 Å². The Kier molecular flexibility index (Phi) is 4.66. The summed E-state index contributed by atoms with van der Waals surface area (Å²) < 4.78 is 0. The van der Waals surface area contributed by atoms with E-state index < -0.39 is 0 Å². The van der Waals surface area contributed by atoms with Gasteiger partial charge in [-0.3, -0.25) is 4.79 Å². The maximum absolute atomic E-state index is 12.4. The van der Waals surface area contributed by atoms with E-state index in [1.165, 1.54) is 19.3 Å². The molecule has 18 heavy (non-hydrogen) atoms. The molecule has 0 spiro atoms. The predicted molar refractivity (Wildman–Crippen MR) is 74.3 cm³/mol. The molecule has 2 heterocycles. The summed E-state index contributed by atoms with van der Waals surface area (Å²) in [4.78, 5) is 14.4. The zero-order chi connectivity index (χ0) is 13.1. The van der Waals surface area contributed by atoms with Gasteiger partial charge in [-0.2, -0.15) is 0 Å². The first-order chi connectivity index (χ1) is 8.58. The van der Waals surface area contributed by atoms with Crippen molar-refractivity contribution in [3.8, 4) is 0 Å². The minimum absolute atomic E-state index is 0.361. The summed E-state index contributed by atoms with van der Waals surface area (Å²) in [5, 5.41) is 3.51. The number of carbonyl (C=O) groups excluding carboxylic acids is 1. The van der Waals surface area contributed by atoms with Crippen molar-refractivity contribution >= 4 is 5.91 Å². The Labute approximate surface area is 111 Å². The van der Waals surface area contributed by atoms with Gasteiger partial charge < -0.3 is 10.2 Å². The Morgan fingerprint density at radius 3 is 2.61 bits per heavy atom. The third kappa shape index (κ3) is 3.25. The first-order valence-electron chi connectivity index (χ1n) is 7.59. The highest BCUT2D eigenvalue weighted by Crippen LogP contribution is 2.24. The number of hydrogen-bond donors (Lipinski definition) is 1. The third-order valence-corrected chi connectivity index (χ3v) is 5.01. The number of likely N-dealkylation sites (tertiary alicyclic amines) is 1. The number of nitrogens with zero attached hydrogens (tertiary/aromatic N) is 1. The van der Waals surface area contributed by atoms with Crippen LogP contribution < -0.4 is 5.32 Å². The average Bonchev–Trinajstić information content (AvgIpc) is 2.35. The molecule has 3 nitrogen and oxygen atoms in total. The molecule has 3 heteroatoms. The van der Waals surface area contributed by atoms with Crippen LogP contribution in [-0.2, 0) is 4.79 Å². The summed E-state index contributed by atoms with van der Waals surface area (Å²) in [6, 6.07) is 0.404. The molecule has 4 unspecified atom stereocenters. The van der Waals surface area contributed by atoms with Crippen LogP contribution in [0, 0.1) is 17.8 Å². The molecule has 0 saturated carbocycles. The lowest BCUT2D eigenvalue weighted by Gasteiger charge is -2.37. The smallest absolute Gasteiger partial charge is 0.224 e. The van der Waals surface area contributed by atoms with Gasteiger partial charge in [-0.05, 0) is 43.6 Å². The normalized spacial score (nSPS) is 37.6. The minimum atomic E-state index is 0.361. The van der Waals surface area contributed by atoms with Crippen molar-refractivity contribution in [3.05, 3.63) is 0 Å². The Morgan fingerprint density at radius 1 is 1.17 bits per heavy atom. The van der Waals surface area contributed by atoms with Gasteiger partial charge in [0.2, 0.25) is 5.91 Å². The van der Waals surface area contributed by atoms with Crippen LogP contribution in [0.4, 0.5) is 0 Å². The van der Waals surface area contributed by atoms with Gasteiger partial charge in [-0.1, -0.05) is 20.8 Å². The fourth-order valence-corrected chi connectivity index (χ4v) is 3.19. The van der Waals surface area contributed by atoms with E-state index in [4.69, 9.17) is 0 Å². The van der Waals surface area contributed by atoms with E-state index in [0.29, 0.717) is 30.2 Å². The molecule has 0 radical (unpaired) electrons. The van der Waals surface area contributed by atoms with Crippen LogP contribution in [0.25, 0.3) is 0 Å². The van der Waals surface area contributed by atoms with E-state index in [-0.39, 0.29) is 0 Å². The molecule has 0 aromatic carbocycles. The maximum atomic E-state index is 12.4. The van der Waals surface area contributed by atoms with Crippen LogP contribution in [-0.4, -0.2) is 36.5 Å². The number of carbonyl (C=O) groups is 1. The van der Waals surface area contributed by atoms with Crippen LogP contribution in [0.1, 0.15) is 46.5 Å². The average molecular weight is 252 g/mol. The molecule has 2 rings (SSSR count). The lowest BCUT2D eigenvalue weighted by Crippen LogP contribution is -2.47. The molecule has 2 aliphatic heterocycles. The van der Waals surface area contributed by atoms with Gasteiger partial charge in [-0.25, -0.2) is 0 Å². The molecule has 0 aromatic rings. The SMILES string of the molecule is CC1CCN(C(=O)CC2NCCCC2C)CC1C. The Bertz CT molecular complexity index is 292. The van der Waals surface area contributed by atoms with Crippen LogP contribution in [0.2, 0.25) is 0 Å². The Balaban J connectivity index is 1.84. The van der Waals surface area contributed by atoms with Crippen molar-refractivity contribution in [2.75, 3.05) is 19.6 Å². The largest absolute Gasteiger partial charge is 0.342 e. The van der Waals surface area contributed by atoms with Gasteiger partial charge >= 0.3 is 0 Å². The molecule has 104 valence electrons. The van der Waals surface area contributed by atoms with E-state index in [2.05, 4.69) is 31.0 Å². The van der Waals surface area contributed by atoms with E-state index in [0.717, 1.165) is 25.6 Å². The molecule has 0 aliphatic carbocycles. The maximum Gasteiger partial charge on any atom is 0.224 e. The van der Waals surface area contributed by atoms with Crippen molar-refractivity contribution in [2.24, 2.45) is 17.8 Å². The van der Waals surface area contributed by atoms with Crippen molar-refractivity contribution in [2.45, 2.75) is 52.5 Å². The van der Waals surface area contributed by atoms with Crippen molar-refractivity contribution in [1.29, 1.82) is 0 Å². The zero-order valence-electron chi connectivity index (χ0n) is 12.1. The summed E-state index contributed by atoms with van der Waals surface area (Å²) >= 11 is 0. The van der Waals surface area contributed by atoms with Crippen LogP contribution in [0.15, 0.2) is 0 Å². The molecule has 2 saturated heterocycles. The van der Waals surface area contributed by atoms with E-state index in [9.17, 15) is 4.79 Å². The predicted octanol–water partition coefficient (Wildman–Crippen LogP) is 2.27. The molecule has 4 atom stereocenters. The number of nitrogens with one attached hydrogen (secondary N) is 1. The number of amides is 1. The first kappa shape index (κ1) is 13.9. The summed E-state index contributed by atoms with van der Waals surface area (Å²) in [6.07, 6.45) is 4.38. The highest BCUT2D eigenvalue weighted by Gasteiger charge is 2.29. The number of piperidine rings is 2. The van der Waals surface area contributed by atoms with Gasteiger partial charge in [-0.15, -0.1) is 0 Å².